The number of carboxylic acids is 1. The van der Waals surface area contributed by atoms with Crippen LogP contribution in [-0.4, -0.2) is 35.1 Å². The molecule has 1 heterocycles. The van der Waals surface area contributed by atoms with Crippen LogP contribution in [0.4, 0.5) is 5.69 Å². The van der Waals surface area contributed by atoms with E-state index in [-0.39, 0.29) is 5.92 Å². The van der Waals surface area contributed by atoms with Gasteiger partial charge in [0.15, 0.2) is 0 Å². The van der Waals surface area contributed by atoms with Crippen LogP contribution in [0.5, 0.6) is 0 Å². The van der Waals surface area contributed by atoms with Gasteiger partial charge in [-0.05, 0) is 75.7 Å². The fraction of sp³-hybridized carbons (Fsp3) is 0.632. The maximum absolute atomic E-state index is 11.1. The molecule has 3 rings (SSSR count). The number of carboxylic acid groups (broad SMARTS) is 1. The molecule has 0 amide bonds. The molecule has 1 saturated carbocycles. The van der Waals surface area contributed by atoms with Crippen molar-refractivity contribution in [3.63, 3.8) is 0 Å². The minimum Gasteiger partial charge on any atom is -0.481 e. The van der Waals surface area contributed by atoms with E-state index in [0.717, 1.165) is 32.2 Å². The molecule has 0 unspecified atom stereocenters. The Balaban J connectivity index is 1.59. The first kappa shape index (κ1) is 16.3. The molecule has 2 fully saturated rings. The van der Waals surface area contributed by atoms with E-state index in [2.05, 4.69) is 35.3 Å². The molecular formula is C19H28N2O2. The molecule has 1 aliphatic heterocycles. The summed E-state index contributed by atoms with van der Waals surface area (Å²) in [5.41, 5.74) is 3.87. The van der Waals surface area contributed by atoms with E-state index < -0.39 is 5.97 Å². The standard InChI is InChI=1S/C19H28N2O2/c1-14-4-5-15(13-21-10-2-3-11-21)12-18(14)20-17-8-6-16(7-9-17)19(22)23/h4-5,12,16-17,20H,2-3,6-11,13H2,1H3,(H,22,23). The Kier molecular flexibility index (Phi) is 5.21. The Morgan fingerprint density at radius 3 is 2.57 bits per heavy atom. The fourth-order valence-electron chi connectivity index (χ4n) is 3.83. The molecule has 1 aliphatic carbocycles. The van der Waals surface area contributed by atoms with E-state index in [1.807, 2.05) is 0 Å². The van der Waals surface area contributed by atoms with Crippen molar-refractivity contribution in [2.75, 3.05) is 18.4 Å². The molecular weight excluding hydrogens is 288 g/mol. The van der Waals surface area contributed by atoms with E-state index in [0.29, 0.717) is 6.04 Å². The molecule has 4 heteroatoms. The first-order chi connectivity index (χ1) is 11.1. The van der Waals surface area contributed by atoms with Crippen LogP contribution in [0.1, 0.15) is 49.7 Å². The molecule has 0 radical (unpaired) electrons. The Hall–Kier alpha value is -1.55. The summed E-state index contributed by atoms with van der Waals surface area (Å²) in [6.07, 6.45) is 6.13. The van der Waals surface area contributed by atoms with Crippen LogP contribution in [0, 0.1) is 12.8 Å². The van der Waals surface area contributed by atoms with E-state index in [4.69, 9.17) is 5.11 Å². The summed E-state index contributed by atoms with van der Waals surface area (Å²) in [5, 5.41) is 12.8. The largest absolute Gasteiger partial charge is 0.481 e. The number of aryl methyl sites for hydroxylation is 1. The van der Waals surface area contributed by atoms with Gasteiger partial charge in [0.05, 0.1) is 5.92 Å². The van der Waals surface area contributed by atoms with Crippen molar-refractivity contribution in [1.29, 1.82) is 0 Å². The number of carbonyl (C=O) groups is 1. The highest BCUT2D eigenvalue weighted by Crippen LogP contribution is 2.28. The van der Waals surface area contributed by atoms with Gasteiger partial charge in [-0.2, -0.15) is 0 Å². The number of anilines is 1. The molecule has 0 spiro atoms. The Morgan fingerprint density at radius 1 is 1.22 bits per heavy atom. The fourth-order valence-corrected chi connectivity index (χ4v) is 3.83. The highest BCUT2D eigenvalue weighted by Gasteiger charge is 2.26. The highest BCUT2D eigenvalue weighted by molar-refractivity contribution is 5.70. The van der Waals surface area contributed by atoms with Gasteiger partial charge in [0, 0.05) is 18.3 Å². The van der Waals surface area contributed by atoms with Crippen LogP contribution in [0.15, 0.2) is 18.2 Å². The van der Waals surface area contributed by atoms with Gasteiger partial charge in [0.25, 0.3) is 0 Å². The molecule has 0 aromatic heterocycles. The maximum Gasteiger partial charge on any atom is 0.306 e. The molecule has 23 heavy (non-hydrogen) atoms. The van der Waals surface area contributed by atoms with Gasteiger partial charge in [-0.1, -0.05) is 12.1 Å². The summed E-state index contributed by atoms with van der Waals surface area (Å²) in [6.45, 7) is 5.62. The summed E-state index contributed by atoms with van der Waals surface area (Å²) >= 11 is 0. The predicted octanol–water partition coefficient (Wildman–Crippen LogP) is 3.65. The number of hydrogen-bond donors (Lipinski definition) is 2. The zero-order valence-electron chi connectivity index (χ0n) is 14.1. The summed E-state index contributed by atoms with van der Waals surface area (Å²) in [7, 11) is 0. The Morgan fingerprint density at radius 2 is 1.91 bits per heavy atom. The third-order valence-corrected chi connectivity index (χ3v) is 5.34. The van der Waals surface area contributed by atoms with Gasteiger partial charge in [-0.15, -0.1) is 0 Å². The van der Waals surface area contributed by atoms with E-state index in [1.165, 1.54) is 42.7 Å². The molecule has 2 N–H and O–H groups in total. The second-order valence-electron chi connectivity index (χ2n) is 7.16. The lowest BCUT2D eigenvalue weighted by molar-refractivity contribution is -0.142. The first-order valence-corrected chi connectivity index (χ1v) is 8.93. The monoisotopic (exact) mass is 316 g/mol. The van der Waals surface area contributed by atoms with Crippen molar-refractivity contribution < 1.29 is 9.90 Å². The zero-order chi connectivity index (χ0) is 16.2. The van der Waals surface area contributed by atoms with Crippen molar-refractivity contribution in [1.82, 2.24) is 4.90 Å². The minimum absolute atomic E-state index is 0.143. The number of likely N-dealkylation sites (tertiary alicyclic amines) is 1. The summed E-state index contributed by atoms with van der Waals surface area (Å²) in [5.74, 6) is -0.775. The lowest BCUT2D eigenvalue weighted by atomic mass is 9.86. The van der Waals surface area contributed by atoms with Gasteiger partial charge in [0.2, 0.25) is 0 Å². The zero-order valence-corrected chi connectivity index (χ0v) is 14.1. The van der Waals surface area contributed by atoms with Crippen molar-refractivity contribution in [2.24, 2.45) is 5.92 Å². The van der Waals surface area contributed by atoms with Crippen molar-refractivity contribution >= 4 is 11.7 Å². The smallest absolute Gasteiger partial charge is 0.306 e. The average Bonchev–Trinajstić information content (AvgIpc) is 3.04. The molecule has 126 valence electrons. The van der Waals surface area contributed by atoms with Gasteiger partial charge >= 0.3 is 5.97 Å². The third-order valence-electron chi connectivity index (χ3n) is 5.34. The predicted molar refractivity (Wildman–Crippen MR) is 92.7 cm³/mol. The van der Waals surface area contributed by atoms with E-state index >= 15 is 0 Å². The van der Waals surface area contributed by atoms with Gasteiger partial charge in [-0.25, -0.2) is 0 Å². The number of hydrogen-bond acceptors (Lipinski definition) is 3. The van der Waals surface area contributed by atoms with Crippen molar-refractivity contribution in [2.45, 2.75) is 58.0 Å². The number of aliphatic carboxylic acids is 1. The maximum atomic E-state index is 11.1. The van der Waals surface area contributed by atoms with Gasteiger partial charge in [-0.3, -0.25) is 9.69 Å². The lowest BCUT2D eigenvalue weighted by Crippen LogP contribution is -2.29. The summed E-state index contributed by atoms with van der Waals surface area (Å²) in [6, 6.07) is 7.14. The van der Waals surface area contributed by atoms with Crippen LogP contribution in [-0.2, 0) is 11.3 Å². The molecule has 1 aromatic carbocycles. The SMILES string of the molecule is Cc1ccc(CN2CCCC2)cc1NC1CCC(C(=O)O)CC1. The highest BCUT2D eigenvalue weighted by atomic mass is 16.4. The van der Waals surface area contributed by atoms with Crippen LogP contribution < -0.4 is 5.32 Å². The number of rotatable bonds is 5. The number of nitrogens with one attached hydrogen (secondary N) is 1. The van der Waals surface area contributed by atoms with Crippen molar-refractivity contribution in [3.8, 4) is 0 Å². The van der Waals surface area contributed by atoms with Crippen molar-refractivity contribution in [3.05, 3.63) is 29.3 Å². The topological polar surface area (TPSA) is 52.6 Å². The summed E-state index contributed by atoms with van der Waals surface area (Å²) < 4.78 is 0. The Labute approximate surface area is 138 Å². The average molecular weight is 316 g/mol. The summed E-state index contributed by atoms with van der Waals surface area (Å²) in [4.78, 5) is 13.6. The van der Waals surface area contributed by atoms with Crippen LogP contribution in [0.3, 0.4) is 0 Å². The van der Waals surface area contributed by atoms with E-state index in [1.54, 1.807) is 0 Å². The minimum atomic E-state index is -0.632. The second-order valence-corrected chi connectivity index (χ2v) is 7.16. The first-order valence-electron chi connectivity index (χ1n) is 8.93. The normalized spacial score (nSPS) is 25.4. The number of benzene rings is 1. The third kappa shape index (κ3) is 4.25. The molecule has 0 atom stereocenters. The van der Waals surface area contributed by atoms with Crippen LogP contribution in [0.25, 0.3) is 0 Å². The lowest BCUT2D eigenvalue weighted by Gasteiger charge is -2.28. The van der Waals surface area contributed by atoms with Crippen LogP contribution in [0.2, 0.25) is 0 Å². The Bertz CT molecular complexity index is 544. The number of nitrogens with zero attached hydrogens (tertiary/aromatic N) is 1. The van der Waals surface area contributed by atoms with Gasteiger partial charge in [0.1, 0.15) is 0 Å². The molecule has 1 aromatic rings. The molecule has 0 bridgehead atoms. The second kappa shape index (κ2) is 7.35. The van der Waals surface area contributed by atoms with E-state index in [9.17, 15) is 4.79 Å². The molecule has 4 nitrogen and oxygen atoms in total. The van der Waals surface area contributed by atoms with Gasteiger partial charge < -0.3 is 10.4 Å². The van der Waals surface area contributed by atoms with Crippen LogP contribution >= 0.6 is 0 Å². The quantitative estimate of drug-likeness (QED) is 0.870. The molecule has 2 aliphatic rings. The molecule has 1 saturated heterocycles.